The van der Waals surface area contributed by atoms with Gasteiger partial charge in [0.15, 0.2) is 29.0 Å². The average molecular weight is 668 g/mol. The highest BCUT2D eigenvalue weighted by molar-refractivity contribution is 8.76. The number of aliphatic hydroxyl groups is 1. The van der Waals surface area contributed by atoms with Crippen LogP contribution in [0.5, 0.6) is 23.0 Å². The van der Waals surface area contributed by atoms with Crippen molar-refractivity contribution in [3.05, 3.63) is 46.0 Å². The van der Waals surface area contributed by atoms with Crippen LogP contribution in [0.2, 0.25) is 0 Å². The maximum atomic E-state index is 12.8. The predicted octanol–water partition coefficient (Wildman–Crippen LogP) is 4.39. The Morgan fingerprint density at radius 3 is 2.67 bits per heavy atom. The molecule has 0 radical (unpaired) electrons. The minimum atomic E-state index is -0.790. The molecular weight excluding hydrogens is 623 g/mol. The Hall–Kier alpha value is -3.20. The summed E-state index contributed by atoms with van der Waals surface area (Å²) in [7, 11) is 5.18. The van der Waals surface area contributed by atoms with E-state index in [0.717, 1.165) is 28.2 Å². The van der Waals surface area contributed by atoms with Gasteiger partial charge >= 0.3 is 0 Å². The summed E-state index contributed by atoms with van der Waals surface area (Å²) in [5.74, 6) is 10.2. The van der Waals surface area contributed by atoms with Gasteiger partial charge in [0, 0.05) is 60.4 Å². The van der Waals surface area contributed by atoms with E-state index < -0.39 is 6.10 Å². The smallest absolute Gasteiger partial charge is 0.188 e. The number of guanidine groups is 1. The molecule has 0 saturated carbocycles. The van der Waals surface area contributed by atoms with Gasteiger partial charge in [-0.3, -0.25) is 9.79 Å². The number of Topliss-reactive ketones (excluding diaryl/α,β-unsaturated/α-hetero) is 1. The number of aliphatic hydroxyl groups excluding tert-OH is 1. The third kappa shape index (κ3) is 8.20. The van der Waals surface area contributed by atoms with Crippen molar-refractivity contribution in [3.63, 3.8) is 0 Å². The number of ketones is 1. The lowest BCUT2D eigenvalue weighted by Gasteiger charge is -2.33. The number of phenols is 2. The first-order valence-electron chi connectivity index (χ1n) is 16.0. The number of ether oxygens (including phenoxy) is 2. The van der Waals surface area contributed by atoms with Crippen LogP contribution in [0.3, 0.4) is 0 Å². The number of phenolic OH excluding ortho intramolecular Hbond substituents is 2. The summed E-state index contributed by atoms with van der Waals surface area (Å²) >= 11 is 0. The van der Waals surface area contributed by atoms with Gasteiger partial charge in [-0.25, -0.2) is 0 Å². The van der Waals surface area contributed by atoms with E-state index in [0.29, 0.717) is 67.6 Å². The molecule has 0 fully saturated rings. The molecule has 2 heterocycles. The van der Waals surface area contributed by atoms with Gasteiger partial charge in [0.1, 0.15) is 5.78 Å². The molecule has 5 rings (SSSR count). The number of rotatable bonds is 3. The van der Waals surface area contributed by atoms with Gasteiger partial charge in [-0.15, -0.1) is 0 Å². The van der Waals surface area contributed by atoms with Crippen LogP contribution in [-0.2, 0) is 30.5 Å². The molecule has 0 amide bonds. The second-order valence-electron chi connectivity index (χ2n) is 12.7. The molecule has 4 atom stereocenters. The molecule has 0 aromatic heterocycles. The van der Waals surface area contributed by atoms with E-state index in [9.17, 15) is 20.1 Å². The maximum absolute atomic E-state index is 12.8. The van der Waals surface area contributed by atoms with Crippen LogP contribution >= 0.6 is 21.6 Å². The van der Waals surface area contributed by atoms with Gasteiger partial charge < -0.3 is 35.8 Å². The van der Waals surface area contributed by atoms with Crippen molar-refractivity contribution in [1.82, 2.24) is 5.32 Å². The van der Waals surface area contributed by atoms with Crippen LogP contribution < -0.4 is 20.5 Å². The normalized spacial score (nSPS) is 24.4. The van der Waals surface area contributed by atoms with Crippen LogP contribution in [0.15, 0.2) is 23.2 Å². The lowest BCUT2D eigenvalue weighted by atomic mass is 9.82. The molecule has 2 aliphatic heterocycles. The van der Waals surface area contributed by atoms with E-state index in [1.54, 1.807) is 6.07 Å². The Bertz CT molecular complexity index is 1520. The number of nitrogens with two attached hydrogens (primary N) is 1. The first kappa shape index (κ1) is 34.1. The molecule has 6 N–H and O–H groups in total. The number of aliphatic imine (C=N–C) groups is 1. The van der Waals surface area contributed by atoms with E-state index in [1.807, 2.05) is 27.7 Å². The summed E-state index contributed by atoms with van der Waals surface area (Å²) in [6.45, 7) is 5.39. The summed E-state index contributed by atoms with van der Waals surface area (Å²) < 4.78 is 11.8. The third-order valence-corrected chi connectivity index (χ3v) is 11.7. The summed E-state index contributed by atoms with van der Waals surface area (Å²) in [6, 6.07) is 5.52. The van der Waals surface area contributed by atoms with E-state index in [4.69, 9.17) is 20.2 Å². The molecule has 2 aromatic rings. The van der Waals surface area contributed by atoms with E-state index in [-0.39, 0.29) is 60.2 Å². The van der Waals surface area contributed by atoms with Crippen molar-refractivity contribution in [3.8, 4) is 34.8 Å². The van der Waals surface area contributed by atoms with Crippen molar-refractivity contribution >= 4 is 33.3 Å². The number of fused-ring (bicyclic) bond motifs is 5. The Labute approximate surface area is 279 Å². The van der Waals surface area contributed by atoms with Crippen molar-refractivity contribution in [2.24, 2.45) is 28.5 Å². The number of hydrogen-bond donors (Lipinski definition) is 5. The average Bonchev–Trinajstić information content (AvgIpc) is 3.03. The second-order valence-corrected chi connectivity index (χ2v) is 15.3. The highest BCUT2D eigenvalue weighted by Crippen LogP contribution is 2.44. The highest BCUT2D eigenvalue weighted by Gasteiger charge is 2.32. The minimum Gasteiger partial charge on any atom is -0.504 e. The molecule has 2 bridgehead atoms. The molecule has 11 heteroatoms. The number of hydrogen-bond acceptors (Lipinski definition) is 11. The van der Waals surface area contributed by atoms with Crippen LogP contribution in [0.1, 0.15) is 60.9 Å². The number of carbonyl (C=O) groups is 1. The van der Waals surface area contributed by atoms with Gasteiger partial charge in [0.2, 0.25) is 0 Å². The van der Waals surface area contributed by atoms with Gasteiger partial charge in [-0.05, 0) is 54.7 Å². The number of nitrogens with zero attached hydrogens (tertiary/aromatic N) is 1. The molecule has 0 unspecified atom stereocenters. The van der Waals surface area contributed by atoms with E-state index in [2.05, 4.69) is 31.0 Å². The number of benzene rings is 2. The molecule has 1 aliphatic carbocycles. The zero-order valence-electron chi connectivity index (χ0n) is 26.8. The summed E-state index contributed by atoms with van der Waals surface area (Å²) in [6.07, 6.45) is 1.83. The number of aryl methyl sites for hydroxylation is 2. The Kier molecular flexibility index (Phi) is 11.6. The van der Waals surface area contributed by atoms with Crippen molar-refractivity contribution in [2.75, 3.05) is 31.8 Å². The lowest BCUT2D eigenvalue weighted by Crippen LogP contribution is -2.45. The Morgan fingerprint density at radius 2 is 1.89 bits per heavy atom. The fourth-order valence-corrected chi connectivity index (χ4v) is 9.16. The first-order chi connectivity index (χ1) is 22.1. The van der Waals surface area contributed by atoms with Crippen LogP contribution in [-0.4, -0.2) is 71.0 Å². The number of aromatic hydroxyl groups is 2. The third-order valence-electron chi connectivity index (χ3n) is 9.15. The zero-order valence-corrected chi connectivity index (χ0v) is 28.4. The maximum Gasteiger partial charge on any atom is 0.188 e. The van der Waals surface area contributed by atoms with Crippen molar-refractivity contribution in [2.45, 2.75) is 70.9 Å². The highest BCUT2D eigenvalue weighted by atomic mass is 33.1. The molecule has 46 heavy (non-hydrogen) atoms. The molecule has 0 spiro atoms. The van der Waals surface area contributed by atoms with Gasteiger partial charge in [-0.2, -0.15) is 0 Å². The molecule has 0 saturated heterocycles. The Balaban J connectivity index is 1.45. The van der Waals surface area contributed by atoms with Crippen LogP contribution in [0.4, 0.5) is 0 Å². The quantitative estimate of drug-likeness (QED) is 0.236. The van der Waals surface area contributed by atoms with E-state index >= 15 is 0 Å². The van der Waals surface area contributed by atoms with E-state index in [1.165, 1.54) is 13.2 Å². The number of carbonyl (C=O) groups excluding carboxylic acids is 1. The predicted molar refractivity (Wildman–Crippen MR) is 185 cm³/mol. The zero-order chi connectivity index (χ0) is 32.8. The van der Waals surface area contributed by atoms with Gasteiger partial charge in [-0.1, -0.05) is 59.4 Å². The standard InChI is InChI=1S/C35H45N3O6S2/c1-20(2)30-19-46-45-18-25(16-37-35(36)38-30)24-14-29-22-8-11-27(40)15-26(39)10-7-21-9-12-31(41)33(43-3)28(21)6-4-5-23(13-22)32(42)34(29)44-17-24/h9,12-13,20,24-25,27,30,40-42H,5,7-8,10-11,14-19H2,1-3H3,(H3,36,37,38)/t24-,25+,27+,30+/m0/s1. The fourth-order valence-electron chi connectivity index (χ4n) is 6.25. The molecule has 2 aromatic carbocycles. The minimum absolute atomic E-state index is 0.0334. The largest absolute Gasteiger partial charge is 0.504 e. The van der Waals surface area contributed by atoms with Gasteiger partial charge in [0.05, 0.1) is 25.4 Å². The monoisotopic (exact) mass is 667 g/mol. The van der Waals surface area contributed by atoms with Gasteiger partial charge in [0.25, 0.3) is 0 Å². The topological polar surface area (TPSA) is 147 Å². The first-order valence-corrected chi connectivity index (χ1v) is 18.5. The van der Waals surface area contributed by atoms with Crippen molar-refractivity contribution in [1.29, 1.82) is 0 Å². The summed E-state index contributed by atoms with van der Waals surface area (Å²) in [5.41, 5.74) is 10.1. The second kappa shape index (κ2) is 15.6. The summed E-state index contributed by atoms with van der Waals surface area (Å²) in [4.78, 5) is 17.6. The number of methoxy groups -OCH3 is 1. The molecule has 248 valence electrons. The molecule has 9 nitrogen and oxygen atoms in total. The Morgan fingerprint density at radius 1 is 1.09 bits per heavy atom. The number of nitrogens with one attached hydrogen (secondary N) is 1. The lowest BCUT2D eigenvalue weighted by molar-refractivity contribution is -0.121. The summed E-state index contributed by atoms with van der Waals surface area (Å²) in [5, 5.41) is 36.1. The van der Waals surface area contributed by atoms with Crippen molar-refractivity contribution < 1.29 is 29.6 Å². The van der Waals surface area contributed by atoms with Crippen LogP contribution in [0.25, 0.3) is 0 Å². The molecule has 3 aliphatic rings. The molecular formula is C35H45N3O6S2. The van der Waals surface area contributed by atoms with Crippen LogP contribution in [0, 0.1) is 29.6 Å². The fraction of sp³-hybridized carbons (Fsp3) is 0.543. The SMILES string of the molecule is COc1c(O)ccc2c1C#CCc1cc(c3c(c1O)OC[C@@H]([C@@H]1CN=C(N)N[C@@H](C(C)C)CSSC1)C3)CC[C@@H](O)CC(=O)CC2.